The van der Waals surface area contributed by atoms with Crippen LogP contribution in [-0.4, -0.2) is 33.3 Å². The average molecular weight is 335 g/mol. The van der Waals surface area contributed by atoms with Crippen molar-refractivity contribution < 1.29 is 9.53 Å². The van der Waals surface area contributed by atoms with Gasteiger partial charge in [-0.2, -0.15) is 10.2 Å². The van der Waals surface area contributed by atoms with Crippen LogP contribution < -0.4 is 0 Å². The Morgan fingerprint density at radius 3 is 2.72 bits per heavy atom. The van der Waals surface area contributed by atoms with Gasteiger partial charge in [-0.1, -0.05) is 36.4 Å². The van der Waals surface area contributed by atoms with Gasteiger partial charge in [0.25, 0.3) is 0 Å². The predicted octanol–water partition coefficient (Wildman–Crippen LogP) is 3.74. The highest BCUT2D eigenvalue weighted by molar-refractivity contribution is 5.74. The van der Waals surface area contributed by atoms with Gasteiger partial charge >= 0.3 is 6.09 Å². The van der Waals surface area contributed by atoms with E-state index in [2.05, 4.69) is 16.3 Å². The molecule has 1 aromatic heterocycles. The summed E-state index contributed by atoms with van der Waals surface area (Å²) < 4.78 is 5.53. The lowest BCUT2D eigenvalue weighted by Crippen LogP contribution is -2.43. The molecule has 0 radical (unpaired) electrons. The summed E-state index contributed by atoms with van der Waals surface area (Å²) in [5.74, 6) is 0. The Morgan fingerprint density at radius 1 is 1.16 bits per heavy atom. The van der Waals surface area contributed by atoms with Gasteiger partial charge < -0.3 is 4.74 Å². The van der Waals surface area contributed by atoms with Crippen molar-refractivity contribution in [1.82, 2.24) is 15.1 Å². The smallest absolute Gasteiger partial charge is 0.410 e. The number of nitrogens with zero attached hydrogens (tertiary/aromatic N) is 3. The van der Waals surface area contributed by atoms with Gasteiger partial charge in [0, 0.05) is 6.04 Å². The second-order valence-electron chi connectivity index (χ2n) is 6.70. The van der Waals surface area contributed by atoms with Gasteiger partial charge in [0.15, 0.2) is 0 Å². The maximum atomic E-state index is 12.6. The third-order valence-electron chi connectivity index (χ3n) is 4.94. The lowest BCUT2D eigenvalue weighted by molar-refractivity contribution is 0.0832. The maximum absolute atomic E-state index is 12.6. The number of amides is 1. The number of hydrogen-bond acceptors (Lipinski definition) is 4. The van der Waals surface area contributed by atoms with E-state index in [9.17, 15) is 4.79 Å². The summed E-state index contributed by atoms with van der Waals surface area (Å²) in [5.41, 5.74) is 4.02. The normalized spacial score (nSPS) is 21.8. The molecule has 1 aromatic carbocycles. The Kier molecular flexibility index (Phi) is 4.22. The van der Waals surface area contributed by atoms with Gasteiger partial charge in [-0.15, -0.1) is 0 Å². The summed E-state index contributed by atoms with van der Waals surface area (Å²) in [6.07, 6.45) is 4.74. The van der Waals surface area contributed by atoms with Gasteiger partial charge in [-0.3, -0.25) is 4.90 Å². The van der Waals surface area contributed by atoms with Gasteiger partial charge in [0.1, 0.15) is 6.61 Å². The Balaban J connectivity index is 1.46. The molecule has 25 heavy (non-hydrogen) atoms. The predicted molar refractivity (Wildman–Crippen MR) is 94.6 cm³/mol. The molecule has 2 unspecified atom stereocenters. The third kappa shape index (κ3) is 3.27. The van der Waals surface area contributed by atoms with E-state index in [1.54, 1.807) is 0 Å². The molecule has 128 valence electrons. The molecule has 5 nitrogen and oxygen atoms in total. The third-order valence-corrected chi connectivity index (χ3v) is 4.94. The van der Waals surface area contributed by atoms with Gasteiger partial charge in [0.2, 0.25) is 0 Å². The number of carbonyl (C=O) groups excluding carboxylic acids is 1. The summed E-state index contributed by atoms with van der Waals surface area (Å²) in [7, 11) is 0. The van der Waals surface area contributed by atoms with Crippen molar-refractivity contribution in [3.8, 4) is 0 Å². The molecule has 2 atom stereocenters. The SMILES string of the molecule is Cc1ccc(C2=CC3CCC(C2)N3C(=O)OCc2ccccc2)nn1. The van der Waals surface area contributed by atoms with E-state index in [4.69, 9.17) is 4.74 Å². The molecule has 2 aliphatic rings. The number of hydrogen-bond donors (Lipinski definition) is 0. The highest BCUT2D eigenvalue weighted by Gasteiger charge is 2.40. The molecule has 1 saturated heterocycles. The van der Waals surface area contributed by atoms with Crippen LogP contribution in [0.25, 0.3) is 5.57 Å². The highest BCUT2D eigenvalue weighted by Crippen LogP contribution is 2.38. The van der Waals surface area contributed by atoms with E-state index in [0.29, 0.717) is 6.61 Å². The molecule has 5 heteroatoms. The highest BCUT2D eigenvalue weighted by atomic mass is 16.6. The van der Waals surface area contributed by atoms with Crippen LogP contribution in [0, 0.1) is 6.92 Å². The first kappa shape index (κ1) is 15.8. The van der Waals surface area contributed by atoms with E-state index in [-0.39, 0.29) is 18.2 Å². The minimum Gasteiger partial charge on any atom is -0.445 e. The first-order chi connectivity index (χ1) is 12.2. The van der Waals surface area contributed by atoms with Gasteiger partial charge in [-0.05, 0) is 49.5 Å². The molecular weight excluding hydrogens is 314 g/mol. The number of carbonyl (C=O) groups is 1. The zero-order chi connectivity index (χ0) is 17.2. The lowest BCUT2D eigenvalue weighted by Gasteiger charge is -2.33. The van der Waals surface area contributed by atoms with Crippen LogP contribution in [-0.2, 0) is 11.3 Å². The summed E-state index contributed by atoms with van der Waals surface area (Å²) >= 11 is 0. The van der Waals surface area contributed by atoms with Crippen molar-refractivity contribution in [2.45, 2.75) is 44.9 Å². The van der Waals surface area contributed by atoms with E-state index < -0.39 is 0 Å². The van der Waals surface area contributed by atoms with Crippen LogP contribution in [0.5, 0.6) is 0 Å². The number of fused-ring (bicyclic) bond motifs is 2. The Morgan fingerprint density at radius 2 is 2.00 bits per heavy atom. The molecule has 0 N–H and O–H groups in total. The first-order valence-corrected chi connectivity index (χ1v) is 8.71. The number of aromatic nitrogens is 2. The molecule has 1 fully saturated rings. The van der Waals surface area contributed by atoms with Crippen LogP contribution in [0.4, 0.5) is 4.79 Å². The second kappa shape index (κ2) is 6.67. The molecule has 2 aliphatic heterocycles. The molecule has 2 aromatic rings. The fourth-order valence-electron chi connectivity index (χ4n) is 3.67. The molecule has 1 amide bonds. The molecule has 0 spiro atoms. The van der Waals surface area contributed by atoms with Crippen LogP contribution in [0.15, 0.2) is 48.5 Å². The molecule has 0 saturated carbocycles. The van der Waals surface area contributed by atoms with E-state index in [1.807, 2.05) is 54.3 Å². The first-order valence-electron chi connectivity index (χ1n) is 8.71. The monoisotopic (exact) mass is 335 g/mol. The van der Waals surface area contributed by atoms with Crippen molar-refractivity contribution in [2.75, 3.05) is 0 Å². The average Bonchev–Trinajstić information content (AvgIpc) is 2.91. The largest absolute Gasteiger partial charge is 0.445 e. The minimum absolute atomic E-state index is 0.0973. The number of ether oxygens (including phenoxy) is 1. The molecule has 4 rings (SSSR count). The van der Waals surface area contributed by atoms with E-state index in [0.717, 1.165) is 36.2 Å². The van der Waals surface area contributed by atoms with Gasteiger partial charge in [0.05, 0.1) is 17.4 Å². The fraction of sp³-hybridized carbons (Fsp3) is 0.350. The molecule has 2 bridgehead atoms. The fourth-order valence-corrected chi connectivity index (χ4v) is 3.67. The zero-order valence-electron chi connectivity index (χ0n) is 14.3. The standard InChI is InChI=1S/C20H21N3O2/c1-14-7-10-19(22-21-14)16-11-17-8-9-18(12-16)23(17)20(24)25-13-15-5-3-2-4-6-15/h2-7,10-11,17-18H,8-9,12-13H2,1H3. The van der Waals surface area contributed by atoms with Crippen molar-refractivity contribution >= 4 is 11.7 Å². The number of aryl methyl sites for hydroxylation is 1. The molecule has 3 heterocycles. The zero-order valence-corrected chi connectivity index (χ0v) is 14.3. The summed E-state index contributed by atoms with van der Waals surface area (Å²) in [6, 6.07) is 14.1. The molecule has 0 aliphatic carbocycles. The lowest BCUT2D eigenvalue weighted by atomic mass is 9.98. The quantitative estimate of drug-likeness (QED) is 0.857. The van der Waals surface area contributed by atoms with Crippen LogP contribution in [0.1, 0.15) is 36.2 Å². The van der Waals surface area contributed by atoms with Gasteiger partial charge in [-0.25, -0.2) is 4.79 Å². The number of rotatable bonds is 3. The Labute approximate surface area is 147 Å². The van der Waals surface area contributed by atoms with Crippen LogP contribution in [0.2, 0.25) is 0 Å². The number of benzene rings is 1. The summed E-state index contributed by atoms with van der Waals surface area (Å²) in [5, 5.41) is 8.44. The topological polar surface area (TPSA) is 55.3 Å². The van der Waals surface area contributed by atoms with E-state index >= 15 is 0 Å². The second-order valence-corrected chi connectivity index (χ2v) is 6.70. The van der Waals surface area contributed by atoms with E-state index in [1.165, 1.54) is 5.57 Å². The minimum atomic E-state index is -0.221. The Hall–Kier alpha value is -2.69. The van der Waals surface area contributed by atoms with Crippen molar-refractivity contribution in [1.29, 1.82) is 0 Å². The summed E-state index contributed by atoms with van der Waals surface area (Å²) in [6.45, 7) is 2.25. The van der Waals surface area contributed by atoms with Crippen LogP contribution in [0.3, 0.4) is 0 Å². The van der Waals surface area contributed by atoms with Crippen LogP contribution >= 0.6 is 0 Å². The van der Waals surface area contributed by atoms with Crippen molar-refractivity contribution in [2.24, 2.45) is 0 Å². The summed E-state index contributed by atoms with van der Waals surface area (Å²) in [4.78, 5) is 14.5. The van der Waals surface area contributed by atoms with Crippen molar-refractivity contribution in [3.05, 3.63) is 65.5 Å². The molecular formula is C20H21N3O2. The van der Waals surface area contributed by atoms with Crippen molar-refractivity contribution in [3.63, 3.8) is 0 Å². The maximum Gasteiger partial charge on any atom is 0.410 e. The Bertz CT molecular complexity index is 786.